The molecule has 0 spiro atoms. The number of hydrogen-bond acceptors (Lipinski definition) is 2. The molecule has 0 bridgehead atoms. The van der Waals surface area contributed by atoms with E-state index < -0.39 is 23.1 Å². The van der Waals surface area contributed by atoms with E-state index in [0.29, 0.717) is 6.42 Å². The highest BCUT2D eigenvalue weighted by Gasteiger charge is 2.34. The SMILES string of the molecule is C/C=C/C(C(=O)/C(=C\CC(C)(C)C)CCC(=O)c1c(Cl)cc(C)cc1Cl)=C(\C)C(F)(F)F. The van der Waals surface area contributed by atoms with Crippen LogP contribution < -0.4 is 0 Å². The van der Waals surface area contributed by atoms with Gasteiger partial charge in [0.1, 0.15) is 0 Å². The second kappa shape index (κ2) is 11.3. The lowest BCUT2D eigenvalue weighted by Crippen LogP contribution is -2.17. The number of allylic oxidation sites excluding steroid dienone is 6. The molecule has 0 amide bonds. The maximum atomic E-state index is 13.3. The van der Waals surface area contributed by atoms with E-state index in [1.165, 1.54) is 6.08 Å². The van der Waals surface area contributed by atoms with E-state index in [1.807, 2.05) is 20.8 Å². The summed E-state index contributed by atoms with van der Waals surface area (Å²) >= 11 is 12.4. The van der Waals surface area contributed by atoms with E-state index in [1.54, 1.807) is 32.1 Å². The van der Waals surface area contributed by atoms with Crippen molar-refractivity contribution in [3.8, 4) is 0 Å². The number of hydrogen-bond donors (Lipinski definition) is 0. The molecule has 0 fully saturated rings. The van der Waals surface area contributed by atoms with Crippen LogP contribution in [0.4, 0.5) is 13.2 Å². The van der Waals surface area contributed by atoms with Gasteiger partial charge in [0.15, 0.2) is 11.6 Å². The first-order valence-corrected chi connectivity index (χ1v) is 11.0. The third-order valence-corrected chi connectivity index (χ3v) is 5.34. The fourth-order valence-electron chi connectivity index (χ4n) is 2.94. The fraction of sp³-hybridized carbons (Fsp3) is 0.440. The van der Waals surface area contributed by atoms with Gasteiger partial charge < -0.3 is 0 Å². The molecule has 0 saturated heterocycles. The summed E-state index contributed by atoms with van der Waals surface area (Å²) in [6.07, 6.45) is -0.145. The van der Waals surface area contributed by atoms with Crippen molar-refractivity contribution < 1.29 is 22.8 Å². The van der Waals surface area contributed by atoms with Gasteiger partial charge in [0.25, 0.3) is 0 Å². The standard InChI is InChI=1S/C25H29Cl2F3O2/c1-7-8-18(16(3)25(28,29)30)23(32)17(11-12-24(4,5)6)9-10-21(31)22-19(26)13-15(2)14-20(22)27/h7-8,11,13-14H,9-10,12H2,1-6H3/b8-7+,17-11-,18-16-. The number of halogens is 5. The third kappa shape index (κ3) is 8.25. The number of benzene rings is 1. The van der Waals surface area contributed by atoms with Crippen LogP contribution in [0.2, 0.25) is 10.0 Å². The second-order valence-corrected chi connectivity index (χ2v) is 9.70. The number of ketones is 2. The van der Waals surface area contributed by atoms with Crippen molar-refractivity contribution in [1.29, 1.82) is 0 Å². The first kappa shape index (κ1) is 28.2. The molecule has 0 heterocycles. The van der Waals surface area contributed by atoms with Crippen LogP contribution in [0.25, 0.3) is 0 Å². The first-order chi connectivity index (χ1) is 14.6. The van der Waals surface area contributed by atoms with Crippen LogP contribution in [0.1, 0.15) is 69.8 Å². The Morgan fingerprint density at radius 1 is 1.03 bits per heavy atom. The van der Waals surface area contributed by atoms with Crippen LogP contribution in [0.15, 0.2) is 47.1 Å². The molecule has 0 aromatic heterocycles. The average molecular weight is 489 g/mol. The number of rotatable bonds is 8. The van der Waals surface area contributed by atoms with Gasteiger partial charge in [0, 0.05) is 17.6 Å². The topological polar surface area (TPSA) is 34.1 Å². The Labute approximate surface area is 198 Å². The summed E-state index contributed by atoms with van der Waals surface area (Å²) in [5.41, 5.74) is -0.497. The molecule has 0 aliphatic rings. The van der Waals surface area contributed by atoms with Crippen molar-refractivity contribution in [3.63, 3.8) is 0 Å². The molecule has 2 nitrogen and oxygen atoms in total. The number of Topliss-reactive ketones (excluding diaryl/α,β-unsaturated/α-hetero) is 2. The monoisotopic (exact) mass is 488 g/mol. The Hall–Kier alpha value is -1.85. The molecule has 0 radical (unpaired) electrons. The van der Waals surface area contributed by atoms with Gasteiger partial charge in [-0.2, -0.15) is 13.2 Å². The van der Waals surface area contributed by atoms with Gasteiger partial charge in [-0.1, -0.05) is 62.2 Å². The van der Waals surface area contributed by atoms with Gasteiger partial charge in [-0.3, -0.25) is 9.59 Å². The zero-order valence-corrected chi connectivity index (χ0v) is 20.7. The molecule has 32 heavy (non-hydrogen) atoms. The van der Waals surface area contributed by atoms with Crippen LogP contribution in [-0.2, 0) is 4.79 Å². The zero-order chi connectivity index (χ0) is 24.9. The van der Waals surface area contributed by atoms with Crippen LogP contribution in [0, 0.1) is 12.3 Å². The van der Waals surface area contributed by atoms with E-state index >= 15 is 0 Å². The molecule has 0 N–H and O–H groups in total. The van der Waals surface area contributed by atoms with Gasteiger partial charge in [-0.15, -0.1) is 0 Å². The average Bonchev–Trinajstić information content (AvgIpc) is 2.62. The van der Waals surface area contributed by atoms with Crippen molar-refractivity contribution in [2.75, 3.05) is 0 Å². The van der Waals surface area contributed by atoms with Crippen molar-refractivity contribution in [2.24, 2.45) is 5.41 Å². The lowest BCUT2D eigenvalue weighted by Gasteiger charge is -2.18. The van der Waals surface area contributed by atoms with Gasteiger partial charge in [0.2, 0.25) is 0 Å². The Morgan fingerprint density at radius 2 is 1.56 bits per heavy atom. The minimum atomic E-state index is -4.64. The quantitative estimate of drug-likeness (QED) is 0.208. The zero-order valence-electron chi connectivity index (χ0n) is 19.2. The van der Waals surface area contributed by atoms with Gasteiger partial charge in [0.05, 0.1) is 15.6 Å². The van der Waals surface area contributed by atoms with Gasteiger partial charge in [-0.25, -0.2) is 0 Å². The second-order valence-electron chi connectivity index (χ2n) is 8.89. The maximum absolute atomic E-state index is 13.3. The van der Waals surface area contributed by atoms with Crippen LogP contribution in [0.3, 0.4) is 0 Å². The minimum Gasteiger partial charge on any atom is -0.294 e. The Kier molecular flexibility index (Phi) is 9.98. The molecule has 0 saturated carbocycles. The van der Waals surface area contributed by atoms with E-state index in [9.17, 15) is 22.8 Å². The van der Waals surface area contributed by atoms with Crippen molar-refractivity contribution >= 4 is 34.8 Å². The van der Waals surface area contributed by atoms with Gasteiger partial charge in [-0.05, 0) is 62.3 Å². The lowest BCUT2D eigenvalue weighted by atomic mass is 9.87. The number of aryl methyl sites for hydroxylation is 1. The smallest absolute Gasteiger partial charge is 0.294 e. The normalized spacial score (nSPS) is 14.0. The van der Waals surface area contributed by atoms with E-state index in [-0.39, 0.29) is 45.2 Å². The summed E-state index contributed by atoms with van der Waals surface area (Å²) in [6, 6.07) is 3.23. The molecule has 7 heteroatoms. The summed E-state index contributed by atoms with van der Waals surface area (Å²) in [4.78, 5) is 25.9. The summed E-state index contributed by atoms with van der Waals surface area (Å²) in [5.74, 6) is -1.12. The fourth-order valence-corrected chi connectivity index (χ4v) is 3.75. The molecule has 1 aromatic rings. The van der Waals surface area contributed by atoms with Crippen molar-refractivity contribution in [2.45, 2.75) is 67.0 Å². The minimum absolute atomic E-state index is 0.0273. The van der Waals surface area contributed by atoms with Crippen molar-refractivity contribution in [3.05, 3.63) is 68.3 Å². The summed E-state index contributed by atoms with van der Waals surface area (Å²) in [6.45, 7) is 10.1. The number of carbonyl (C=O) groups is 2. The molecule has 0 unspecified atom stereocenters. The maximum Gasteiger partial charge on any atom is 0.413 e. The van der Waals surface area contributed by atoms with Gasteiger partial charge >= 0.3 is 6.18 Å². The highest BCUT2D eigenvalue weighted by molar-refractivity contribution is 6.40. The molecule has 0 atom stereocenters. The van der Waals surface area contributed by atoms with E-state index in [2.05, 4.69) is 0 Å². The molecule has 176 valence electrons. The highest BCUT2D eigenvalue weighted by atomic mass is 35.5. The van der Waals surface area contributed by atoms with Crippen LogP contribution in [-0.4, -0.2) is 17.7 Å². The summed E-state index contributed by atoms with van der Waals surface area (Å²) < 4.78 is 40.0. The summed E-state index contributed by atoms with van der Waals surface area (Å²) in [5, 5.41) is 0.405. The predicted molar refractivity (Wildman–Crippen MR) is 125 cm³/mol. The highest BCUT2D eigenvalue weighted by Crippen LogP contribution is 2.32. The third-order valence-electron chi connectivity index (χ3n) is 4.75. The first-order valence-electron chi connectivity index (χ1n) is 10.2. The molecule has 0 aliphatic carbocycles. The molecular weight excluding hydrogens is 460 g/mol. The Balaban J connectivity index is 3.34. The molecular formula is C25H29Cl2F3O2. The molecule has 0 aliphatic heterocycles. The number of carbonyl (C=O) groups excluding carboxylic acids is 2. The largest absolute Gasteiger partial charge is 0.413 e. The van der Waals surface area contributed by atoms with E-state index in [0.717, 1.165) is 18.6 Å². The van der Waals surface area contributed by atoms with E-state index in [4.69, 9.17) is 23.2 Å². The number of alkyl halides is 3. The lowest BCUT2D eigenvalue weighted by molar-refractivity contribution is -0.114. The molecule has 1 aromatic carbocycles. The van der Waals surface area contributed by atoms with Crippen LogP contribution >= 0.6 is 23.2 Å². The Morgan fingerprint density at radius 3 is 2.00 bits per heavy atom. The van der Waals surface area contributed by atoms with Crippen molar-refractivity contribution in [1.82, 2.24) is 0 Å². The van der Waals surface area contributed by atoms with Crippen LogP contribution in [0.5, 0.6) is 0 Å². The summed E-state index contributed by atoms with van der Waals surface area (Å²) in [7, 11) is 0. The molecule has 1 rings (SSSR count). The predicted octanol–water partition coefficient (Wildman–Crippen LogP) is 8.65. The Bertz CT molecular complexity index is 939.